The molecule has 108 valence electrons. The van der Waals surface area contributed by atoms with Crippen LogP contribution in [-0.4, -0.2) is 32.7 Å². The van der Waals surface area contributed by atoms with Gasteiger partial charge in [-0.15, -0.1) is 11.8 Å². The first-order chi connectivity index (χ1) is 8.83. The van der Waals surface area contributed by atoms with Gasteiger partial charge in [0.05, 0.1) is 5.75 Å². The summed E-state index contributed by atoms with van der Waals surface area (Å²) >= 11 is 5.08. The van der Waals surface area contributed by atoms with Gasteiger partial charge < -0.3 is 5.32 Å². The Morgan fingerprint density at radius 2 is 2.11 bits per heavy atom. The lowest BCUT2D eigenvalue weighted by Crippen LogP contribution is -2.18. The van der Waals surface area contributed by atoms with Crippen molar-refractivity contribution >= 4 is 37.5 Å². The summed E-state index contributed by atoms with van der Waals surface area (Å²) in [6.45, 7) is 5.10. The third-order valence-corrected chi connectivity index (χ3v) is 5.45. The van der Waals surface area contributed by atoms with E-state index in [1.807, 2.05) is 12.1 Å². The maximum Gasteiger partial charge on any atom is 0.148 e. The van der Waals surface area contributed by atoms with Gasteiger partial charge in [0, 0.05) is 27.4 Å². The zero-order valence-corrected chi connectivity index (χ0v) is 14.7. The molecule has 0 amide bonds. The predicted molar refractivity (Wildman–Crippen MR) is 86.7 cm³/mol. The monoisotopic (exact) mass is 365 g/mol. The molecule has 0 aliphatic carbocycles. The van der Waals surface area contributed by atoms with Crippen LogP contribution in [0.25, 0.3) is 0 Å². The molecule has 3 nitrogen and oxygen atoms in total. The Bertz CT molecular complexity index is 517. The molecule has 1 N–H and O–H groups in total. The van der Waals surface area contributed by atoms with E-state index >= 15 is 0 Å². The molecule has 0 fully saturated rings. The maximum absolute atomic E-state index is 11.2. The molecule has 0 spiro atoms. The highest BCUT2D eigenvalue weighted by atomic mass is 79.9. The first-order valence-electron chi connectivity index (χ1n) is 6.17. The third-order valence-electron chi connectivity index (χ3n) is 2.66. The molecule has 0 heterocycles. The predicted octanol–water partition coefficient (Wildman–Crippen LogP) is 3.26. The van der Waals surface area contributed by atoms with Crippen LogP contribution >= 0.6 is 27.7 Å². The van der Waals surface area contributed by atoms with Gasteiger partial charge in [-0.25, -0.2) is 8.42 Å². The molecule has 1 aromatic rings. The normalized spacial score (nSPS) is 13.5. The van der Waals surface area contributed by atoms with Gasteiger partial charge in [0.1, 0.15) is 9.84 Å². The average Bonchev–Trinajstić information content (AvgIpc) is 2.29. The number of halogens is 1. The maximum atomic E-state index is 11.2. The SMILES string of the molecule is CCNC(C)c1cc(Br)ccc1SCCS(C)(=O)=O. The van der Waals surface area contributed by atoms with Crippen LogP contribution in [0, 0.1) is 0 Å². The molecule has 6 heteroatoms. The number of thioether (sulfide) groups is 1. The number of benzene rings is 1. The molecule has 1 atom stereocenters. The number of nitrogens with one attached hydrogen (secondary N) is 1. The summed E-state index contributed by atoms with van der Waals surface area (Å²) < 4.78 is 23.4. The summed E-state index contributed by atoms with van der Waals surface area (Å²) in [5.41, 5.74) is 1.20. The van der Waals surface area contributed by atoms with Crippen molar-refractivity contribution in [2.45, 2.75) is 24.8 Å². The smallest absolute Gasteiger partial charge is 0.148 e. The van der Waals surface area contributed by atoms with E-state index in [0.717, 1.165) is 15.9 Å². The van der Waals surface area contributed by atoms with Crippen molar-refractivity contribution in [1.82, 2.24) is 5.32 Å². The van der Waals surface area contributed by atoms with E-state index in [1.54, 1.807) is 11.8 Å². The molecular formula is C13H20BrNO2S2. The summed E-state index contributed by atoms with van der Waals surface area (Å²) in [6.07, 6.45) is 1.28. The van der Waals surface area contributed by atoms with Gasteiger partial charge in [0.2, 0.25) is 0 Å². The Hall–Kier alpha value is -0.0400. The van der Waals surface area contributed by atoms with Crippen LogP contribution in [-0.2, 0) is 9.84 Å². The molecule has 0 aromatic heterocycles. The van der Waals surface area contributed by atoms with Crippen molar-refractivity contribution in [1.29, 1.82) is 0 Å². The molecule has 1 rings (SSSR count). The molecule has 0 saturated carbocycles. The number of rotatable bonds is 7. The van der Waals surface area contributed by atoms with Crippen LogP contribution in [0.5, 0.6) is 0 Å². The second-order valence-corrected chi connectivity index (χ2v) is 8.75. The molecular weight excluding hydrogens is 346 g/mol. The number of hydrogen-bond acceptors (Lipinski definition) is 4. The van der Waals surface area contributed by atoms with Crippen molar-refractivity contribution < 1.29 is 8.42 Å². The fourth-order valence-electron chi connectivity index (χ4n) is 1.71. The van der Waals surface area contributed by atoms with E-state index in [-0.39, 0.29) is 11.8 Å². The van der Waals surface area contributed by atoms with Gasteiger partial charge in [0.15, 0.2) is 0 Å². The number of hydrogen-bond donors (Lipinski definition) is 1. The molecule has 1 unspecified atom stereocenters. The van der Waals surface area contributed by atoms with Crippen LogP contribution in [0.15, 0.2) is 27.6 Å². The zero-order valence-electron chi connectivity index (χ0n) is 11.4. The summed E-state index contributed by atoms with van der Waals surface area (Å²) in [5, 5.41) is 3.38. The third kappa shape index (κ3) is 6.29. The van der Waals surface area contributed by atoms with Crippen LogP contribution in [0.2, 0.25) is 0 Å². The fourth-order valence-corrected chi connectivity index (χ4v) is 4.42. The molecule has 0 radical (unpaired) electrons. The lowest BCUT2D eigenvalue weighted by Gasteiger charge is -2.17. The first-order valence-corrected chi connectivity index (χ1v) is 10.0. The van der Waals surface area contributed by atoms with E-state index in [4.69, 9.17) is 0 Å². The van der Waals surface area contributed by atoms with Crippen molar-refractivity contribution in [2.24, 2.45) is 0 Å². The van der Waals surface area contributed by atoms with Crippen molar-refractivity contribution in [3.8, 4) is 0 Å². The van der Waals surface area contributed by atoms with Crippen LogP contribution in [0.3, 0.4) is 0 Å². The van der Waals surface area contributed by atoms with Gasteiger partial charge in [-0.2, -0.15) is 0 Å². The summed E-state index contributed by atoms with van der Waals surface area (Å²) in [4.78, 5) is 1.14. The van der Waals surface area contributed by atoms with Gasteiger partial charge >= 0.3 is 0 Å². The minimum Gasteiger partial charge on any atom is -0.310 e. The van der Waals surface area contributed by atoms with E-state index < -0.39 is 9.84 Å². The van der Waals surface area contributed by atoms with E-state index in [1.165, 1.54) is 11.8 Å². The Balaban J connectivity index is 2.81. The summed E-state index contributed by atoms with van der Waals surface area (Å²) in [5.74, 6) is 0.801. The quantitative estimate of drug-likeness (QED) is 0.753. The van der Waals surface area contributed by atoms with Crippen LogP contribution in [0.1, 0.15) is 25.5 Å². The lowest BCUT2D eigenvalue weighted by atomic mass is 10.1. The van der Waals surface area contributed by atoms with Crippen molar-refractivity contribution in [3.63, 3.8) is 0 Å². The largest absolute Gasteiger partial charge is 0.310 e. The Kier molecular flexibility index (Phi) is 6.86. The minimum absolute atomic E-state index is 0.211. The van der Waals surface area contributed by atoms with Crippen LogP contribution in [0.4, 0.5) is 0 Å². The highest BCUT2D eigenvalue weighted by Gasteiger charge is 2.11. The summed E-state index contributed by atoms with van der Waals surface area (Å²) in [7, 11) is -2.89. The highest BCUT2D eigenvalue weighted by molar-refractivity contribution is 9.10. The highest BCUT2D eigenvalue weighted by Crippen LogP contribution is 2.30. The van der Waals surface area contributed by atoms with E-state index in [9.17, 15) is 8.42 Å². The zero-order chi connectivity index (χ0) is 14.5. The van der Waals surface area contributed by atoms with Gasteiger partial charge in [-0.05, 0) is 37.2 Å². The fraction of sp³-hybridized carbons (Fsp3) is 0.538. The van der Waals surface area contributed by atoms with Crippen molar-refractivity contribution in [2.75, 3.05) is 24.3 Å². The molecule has 0 aliphatic rings. The Labute approximate surface area is 128 Å². The topological polar surface area (TPSA) is 46.2 Å². The standard InChI is InChI=1S/C13H20BrNO2S2/c1-4-15-10(2)12-9-11(14)5-6-13(12)18-7-8-19(3,16)17/h5-6,9-10,15H,4,7-8H2,1-3H3. The van der Waals surface area contributed by atoms with Gasteiger partial charge in [-0.3, -0.25) is 0 Å². The van der Waals surface area contributed by atoms with E-state index in [2.05, 4.69) is 41.2 Å². The number of sulfone groups is 1. The lowest BCUT2D eigenvalue weighted by molar-refractivity contribution is 0.589. The second-order valence-electron chi connectivity index (χ2n) is 4.44. The Morgan fingerprint density at radius 3 is 2.68 bits per heavy atom. The molecule has 0 bridgehead atoms. The van der Waals surface area contributed by atoms with E-state index in [0.29, 0.717) is 5.75 Å². The van der Waals surface area contributed by atoms with Gasteiger partial charge in [-0.1, -0.05) is 22.9 Å². The molecule has 1 aromatic carbocycles. The first kappa shape index (κ1) is 17.0. The van der Waals surface area contributed by atoms with Crippen molar-refractivity contribution in [3.05, 3.63) is 28.2 Å². The van der Waals surface area contributed by atoms with Gasteiger partial charge in [0.25, 0.3) is 0 Å². The Morgan fingerprint density at radius 1 is 1.42 bits per heavy atom. The average molecular weight is 366 g/mol. The summed E-state index contributed by atoms with van der Waals surface area (Å²) in [6, 6.07) is 6.38. The minimum atomic E-state index is -2.89. The molecule has 19 heavy (non-hydrogen) atoms. The molecule has 0 aliphatic heterocycles. The second kappa shape index (κ2) is 7.67. The van der Waals surface area contributed by atoms with Crippen LogP contribution < -0.4 is 5.32 Å². The molecule has 0 saturated heterocycles.